The zero-order chi connectivity index (χ0) is 21.1. The van der Waals surface area contributed by atoms with Gasteiger partial charge in [0.15, 0.2) is 6.10 Å². The van der Waals surface area contributed by atoms with Gasteiger partial charge < -0.3 is 4.74 Å². The van der Waals surface area contributed by atoms with Crippen LogP contribution in [0.2, 0.25) is 0 Å². The van der Waals surface area contributed by atoms with Gasteiger partial charge in [-0.2, -0.15) is 0 Å². The summed E-state index contributed by atoms with van der Waals surface area (Å²) < 4.78 is 5.27. The van der Waals surface area contributed by atoms with Crippen LogP contribution in [0.4, 0.5) is 0 Å². The normalized spacial score (nSPS) is 19.9. The Balaban J connectivity index is 1.80. The lowest BCUT2D eigenvalue weighted by atomic mass is 9.77. The average molecular weight is 397 g/mol. The number of ketones is 1. The fourth-order valence-corrected chi connectivity index (χ4v) is 4.32. The highest BCUT2D eigenvalue weighted by Crippen LogP contribution is 2.37. The van der Waals surface area contributed by atoms with Crippen LogP contribution in [0.1, 0.15) is 106 Å². The van der Waals surface area contributed by atoms with Crippen molar-refractivity contribution in [2.45, 2.75) is 96.5 Å². The minimum absolute atomic E-state index is 0.384. The van der Waals surface area contributed by atoms with E-state index in [0.29, 0.717) is 17.9 Å². The predicted molar refractivity (Wildman–Crippen MR) is 118 cm³/mol. The van der Waals surface area contributed by atoms with Crippen LogP contribution in [-0.2, 0) is 9.53 Å². The number of benzene rings is 1. The number of hydrogen-bond donors (Lipinski definition) is 0. The van der Waals surface area contributed by atoms with E-state index < -0.39 is 17.9 Å². The summed E-state index contributed by atoms with van der Waals surface area (Å²) >= 11 is 0. The Morgan fingerprint density at radius 2 is 1.69 bits per heavy atom. The second-order valence-electron chi connectivity index (χ2n) is 8.35. The van der Waals surface area contributed by atoms with E-state index in [9.17, 15) is 9.59 Å². The van der Waals surface area contributed by atoms with Crippen molar-refractivity contribution < 1.29 is 14.3 Å². The second-order valence-corrected chi connectivity index (χ2v) is 8.35. The molecule has 0 amide bonds. The predicted octanol–water partition coefficient (Wildman–Crippen LogP) is 6.46. The molecular formula is C26H36O3. The molecule has 0 radical (unpaired) electrons. The van der Waals surface area contributed by atoms with Crippen molar-refractivity contribution in [2.75, 3.05) is 0 Å². The molecule has 3 nitrogen and oxygen atoms in total. The van der Waals surface area contributed by atoms with Gasteiger partial charge in [-0.3, -0.25) is 4.79 Å². The highest BCUT2D eigenvalue weighted by atomic mass is 16.5. The Kier molecular flexibility index (Phi) is 9.98. The van der Waals surface area contributed by atoms with Gasteiger partial charge in [-0.25, -0.2) is 4.79 Å². The van der Waals surface area contributed by atoms with E-state index >= 15 is 0 Å². The molecule has 0 saturated heterocycles. The molecule has 1 atom stereocenters. The van der Waals surface area contributed by atoms with Crippen LogP contribution in [0, 0.1) is 18.3 Å². The summed E-state index contributed by atoms with van der Waals surface area (Å²) in [6.07, 6.45) is 18.0. The average Bonchev–Trinajstić information content (AvgIpc) is 2.77. The molecule has 0 aliphatic heterocycles. The van der Waals surface area contributed by atoms with E-state index in [1.165, 1.54) is 69.8 Å². The molecule has 3 heteroatoms. The Labute approximate surface area is 176 Å². The molecule has 0 heterocycles. The first-order valence-corrected chi connectivity index (χ1v) is 11.4. The van der Waals surface area contributed by atoms with Gasteiger partial charge in [0, 0.05) is 0 Å². The minimum Gasteiger partial charge on any atom is -0.450 e. The number of hydrogen-bond acceptors (Lipinski definition) is 3. The van der Waals surface area contributed by atoms with Crippen molar-refractivity contribution >= 4 is 11.8 Å². The zero-order valence-electron chi connectivity index (χ0n) is 18.1. The first-order valence-electron chi connectivity index (χ1n) is 11.4. The van der Waals surface area contributed by atoms with Gasteiger partial charge in [0.1, 0.15) is 0 Å². The maximum absolute atomic E-state index is 12.3. The molecule has 0 bridgehead atoms. The van der Waals surface area contributed by atoms with Crippen LogP contribution in [0.3, 0.4) is 0 Å². The van der Waals surface area contributed by atoms with E-state index in [1.807, 2.05) is 30.2 Å². The number of esters is 1. The van der Waals surface area contributed by atoms with Crippen LogP contribution < -0.4 is 0 Å². The maximum Gasteiger partial charge on any atom is 0.338 e. The maximum atomic E-state index is 12.3. The summed E-state index contributed by atoms with van der Waals surface area (Å²) in [7, 11) is 0. The van der Waals surface area contributed by atoms with Crippen molar-refractivity contribution in [1.29, 1.82) is 0 Å². The summed E-state index contributed by atoms with van der Waals surface area (Å²) in [5, 5.41) is 0. The number of rotatable bonds is 11. The number of carbonyl (C=O) groups excluding carboxylic acids is 2. The van der Waals surface area contributed by atoms with Crippen LogP contribution in [0.5, 0.6) is 0 Å². The summed E-state index contributed by atoms with van der Waals surface area (Å²) in [4.78, 5) is 23.9. The first-order chi connectivity index (χ1) is 14.1. The Morgan fingerprint density at radius 3 is 2.28 bits per heavy atom. The number of ether oxygens (including phenoxy) is 1. The molecule has 1 aliphatic rings. The van der Waals surface area contributed by atoms with Crippen molar-refractivity contribution in [3.05, 3.63) is 35.4 Å². The zero-order valence-corrected chi connectivity index (χ0v) is 18.1. The second kappa shape index (κ2) is 12.5. The van der Waals surface area contributed by atoms with Gasteiger partial charge in [0.05, 0.1) is 5.56 Å². The molecule has 1 aromatic carbocycles. The standard InChI is InChI=1S/C26H36O3/c1-4-7-8-9-10-11-20-12-14-21(15-13-20)22-16-18-23(19-17-22)26(28)29-25(6-3)24(27)5-2/h2,16-21,25H,4,6-15H2,1,3H3/t20-,21-,25?. The summed E-state index contributed by atoms with van der Waals surface area (Å²) in [5.74, 6) is 2.54. The molecule has 1 saturated carbocycles. The monoisotopic (exact) mass is 396 g/mol. The fraction of sp³-hybridized carbons (Fsp3) is 0.615. The van der Waals surface area contributed by atoms with E-state index in [2.05, 4.69) is 6.92 Å². The molecule has 1 fully saturated rings. The van der Waals surface area contributed by atoms with Crippen molar-refractivity contribution in [3.8, 4) is 12.3 Å². The number of Topliss-reactive ketones (excluding diaryl/α,β-unsaturated/α-hetero) is 1. The third-order valence-corrected chi connectivity index (χ3v) is 6.24. The molecule has 1 unspecified atom stereocenters. The molecule has 2 rings (SSSR count). The van der Waals surface area contributed by atoms with Crippen LogP contribution >= 0.6 is 0 Å². The number of terminal acetylenes is 1. The summed E-state index contributed by atoms with van der Waals surface area (Å²) in [6.45, 7) is 4.04. The van der Waals surface area contributed by atoms with E-state index in [-0.39, 0.29) is 0 Å². The van der Waals surface area contributed by atoms with Gasteiger partial charge in [0.2, 0.25) is 5.78 Å². The summed E-state index contributed by atoms with van der Waals surface area (Å²) in [5.41, 5.74) is 1.77. The first kappa shape index (κ1) is 23.2. The lowest BCUT2D eigenvalue weighted by molar-refractivity contribution is -0.122. The van der Waals surface area contributed by atoms with Gasteiger partial charge in [-0.05, 0) is 67.6 Å². The third-order valence-electron chi connectivity index (χ3n) is 6.24. The van der Waals surface area contributed by atoms with Crippen LogP contribution in [0.15, 0.2) is 24.3 Å². The molecule has 1 aromatic rings. The van der Waals surface area contributed by atoms with Gasteiger partial charge in [-0.1, -0.05) is 64.5 Å². The SMILES string of the molecule is C#CC(=O)C(CC)OC(=O)c1ccc([C@H]2CC[C@H](CCCCCCC)CC2)cc1. The van der Waals surface area contributed by atoms with Crippen molar-refractivity contribution in [2.24, 2.45) is 5.92 Å². The fourth-order valence-electron chi connectivity index (χ4n) is 4.32. The van der Waals surface area contributed by atoms with E-state index in [4.69, 9.17) is 11.2 Å². The number of unbranched alkanes of at least 4 members (excludes halogenated alkanes) is 4. The van der Waals surface area contributed by atoms with Gasteiger partial charge in [0.25, 0.3) is 0 Å². The van der Waals surface area contributed by atoms with Crippen molar-refractivity contribution in [3.63, 3.8) is 0 Å². The molecule has 0 N–H and O–H groups in total. The lowest BCUT2D eigenvalue weighted by Gasteiger charge is -2.29. The van der Waals surface area contributed by atoms with Crippen LogP contribution in [0.25, 0.3) is 0 Å². The van der Waals surface area contributed by atoms with Crippen molar-refractivity contribution in [1.82, 2.24) is 0 Å². The highest BCUT2D eigenvalue weighted by molar-refractivity contribution is 6.00. The molecule has 158 valence electrons. The topological polar surface area (TPSA) is 43.4 Å². The Morgan fingerprint density at radius 1 is 1.03 bits per heavy atom. The third kappa shape index (κ3) is 7.35. The minimum atomic E-state index is -0.857. The quantitative estimate of drug-likeness (QED) is 0.187. The number of carbonyl (C=O) groups is 2. The molecule has 29 heavy (non-hydrogen) atoms. The lowest BCUT2D eigenvalue weighted by Crippen LogP contribution is -2.25. The van der Waals surface area contributed by atoms with Gasteiger partial charge in [-0.15, -0.1) is 6.42 Å². The highest BCUT2D eigenvalue weighted by Gasteiger charge is 2.23. The van der Waals surface area contributed by atoms with Crippen LogP contribution in [-0.4, -0.2) is 17.9 Å². The smallest absolute Gasteiger partial charge is 0.338 e. The molecular weight excluding hydrogens is 360 g/mol. The molecule has 0 aromatic heterocycles. The Bertz CT molecular complexity index is 675. The van der Waals surface area contributed by atoms with E-state index in [0.717, 1.165) is 5.92 Å². The Hall–Kier alpha value is -2.08. The van der Waals surface area contributed by atoms with Gasteiger partial charge >= 0.3 is 5.97 Å². The molecule has 1 aliphatic carbocycles. The molecule has 0 spiro atoms. The largest absolute Gasteiger partial charge is 0.450 e. The summed E-state index contributed by atoms with van der Waals surface area (Å²) in [6, 6.07) is 7.70. The van der Waals surface area contributed by atoms with E-state index in [1.54, 1.807) is 6.92 Å².